The van der Waals surface area contributed by atoms with Gasteiger partial charge in [0.1, 0.15) is 5.60 Å². The van der Waals surface area contributed by atoms with Crippen LogP contribution < -0.4 is 10.6 Å². The van der Waals surface area contributed by atoms with Crippen molar-refractivity contribution in [2.75, 3.05) is 10.6 Å². The molecule has 0 unspecified atom stereocenters. The van der Waals surface area contributed by atoms with Gasteiger partial charge in [-0.15, -0.1) is 0 Å². The van der Waals surface area contributed by atoms with E-state index < -0.39 is 52.2 Å². The van der Waals surface area contributed by atoms with Gasteiger partial charge in [-0.1, -0.05) is 12.1 Å². The summed E-state index contributed by atoms with van der Waals surface area (Å²) in [6.07, 6.45) is -6.51. The van der Waals surface area contributed by atoms with E-state index in [-0.39, 0.29) is 22.5 Å². The zero-order valence-electron chi connectivity index (χ0n) is 18.7. The van der Waals surface area contributed by atoms with Crippen molar-refractivity contribution in [2.45, 2.75) is 45.9 Å². The van der Waals surface area contributed by atoms with Gasteiger partial charge in [-0.05, 0) is 45.4 Å². The molecule has 2 aromatic rings. The van der Waals surface area contributed by atoms with Crippen molar-refractivity contribution in [3.05, 3.63) is 63.2 Å². The fourth-order valence-corrected chi connectivity index (χ4v) is 2.87. The van der Waals surface area contributed by atoms with Crippen molar-refractivity contribution < 1.29 is 37.2 Å². The Kier molecular flexibility index (Phi) is 7.65. The maximum Gasteiger partial charge on any atom is 0.416 e. The summed E-state index contributed by atoms with van der Waals surface area (Å²) in [5.74, 6) is -1.77. The smallest absolute Gasteiger partial charge is 0.416 e. The minimum Gasteiger partial charge on any atom is -0.444 e. The number of nitrogens with zero attached hydrogens (tertiary/aromatic N) is 1. The number of hydrogen-bond donors (Lipinski definition) is 2. The zero-order chi connectivity index (χ0) is 25.8. The van der Waals surface area contributed by atoms with Crippen molar-refractivity contribution in [1.82, 2.24) is 0 Å². The highest BCUT2D eigenvalue weighted by molar-refractivity contribution is 6.12. The van der Waals surface area contributed by atoms with Crippen molar-refractivity contribution in [3.8, 4) is 0 Å². The molecule has 2 rings (SSSR count). The number of anilines is 2. The Morgan fingerprint density at radius 3 is 2.21 bits per heavy atom. The SMILES string of the molecule is Cc1cc(NC(=O)OC(C)(C)C)c(NC(=O)CC(=O)c2cccc([N+](=O)[O-])c2)cc1C(F)(F)F. The van der Waals surface area contributed by atoms with Crippen LogP contribution in [0.15, 0.2) is 36.4 Å². The normalized spacial score (nSPS) is 11.5. The molecule has 0 fully saturated rings. The van der Waals surface area contributed by atoms with E-state index in [1.165, 1.54) is 19.1 Å². The second-order valence-corrected chi connectivity index (χ2v) is 8.29. The number of Topliss-reactive ketones (excluding diaryl/α,β-unsaturated/α-hetero) is 1. The third-order valence-electron chi connectivity index (χ3n) is 4.28. The molecule has 0 aromatic heterocycles. The molecule has 12 heteroatoms. The summed E-state index contributed by atoms with van der Waals surface area (Å²) in [6, 6.07) is 6.34. The summed E-state index contributed by atoms with van der Waals surface area (Å²) in [7, 11) is 0. The number of carbonyl (C=O) groups excluding carboxylic acids is 3. The van der Waals surface area contributed by atoms with Crippen LogP contribution >= 0.6 is 0 Å². The lowest BCUT2D eigenvalue weighted by Crippen LogP contribution is -2.28. The molecule has 2 amide bonds. The first-order valence-corrected chi connectivity index (χ1v) is 9.86. The Bertz CT molecular complexity index is 1140. The summed E-state index contributed by atoms with van der Waals surface area (Å²) < 4.78 is 45.2. The molecule has 0 saturated heterocycles. The Balaban J connectivity index is 2.31. The van der Waals surface area contributed by atoms with Gasteiger partial charge in [-0.25, -0.2) is 4.79 Å². The van der Waals surface area contributed by atoms with Gasteiger partial charge >= 0.3 is 12.3 Å². The van der Waals surface area contributed by atoms with Crippen molar-refractivity contribution in [1.29, 1.82) is 0 Å². The lowest BCUT2D eigenvalue weighted by Gasteiger charge is -2.21. The molecule has 0 spiro atoms. The molecule has 0 saturated carbocycles. The molecule has 182 valence electrons. The monoisotopic (exact) mass is 481 g/mol. The largest absolute Gasteiger partial charge is 0.444 e. The molecule has 0 radical (unpaired) electrons. The molecular formula is C22H22F3N3O6. The standard InChI is InChI=1S/C22H22F3N3O6/c1-12-8-16(27-20(31)34-21(2,3)4)17(10-15(12)22(23,24)25)26-19(30)11-18(29)13-6-5-7-14(9-13)28(32)33/h5-10H,11H2,1-4H3,(H,26,30)(H,27,31). The van der Waals surface area contributed by atoms with E-state index in [0.717, 1.165) is 18.2 Å². The van der Waals surface area contributed by atoms with Crippen LogP contribution in [0.25, 0.3) is 0 Å². The lowest BCUT2D eigenvalue weighted by atomic mass is 10.0. The molecule has 2 aromatic carbocycles. The van der Waals surface area contributed by atoms with Gasteiger partial charge in [0.2, 0.25) is 5.91 Å². The number of hydrogen-bond acceptors (Lipinski definition) is 6. The van der Waals surface area contributed by atoms with Crippen LogP contribution in [0.5, 0.6) is 0 Å². The number of carbonyl (C=O) groups is 3. The quantitative estimate of drug-likeness (QED) is 0.243. The molecule has 0 heterocycles. The van der Waals surface area contributed by atoms with E-state index in [9.17, 15) is 37.7 Å². The van der Waals surface area contributed by atoms with Gasteiger partial charge in [-0.3, -0.25) is 25.0 Å². The van der Waals surface area contributed by atoms with Crippen LogP contribution in [0.3, 0.4) is 0 Å². The Hall–Kier alpha value is -3.96. The topological polar surface area (TPSA) is 128 Å². The number of nitrogens with one attached hydrogen (secondary N) is 2. The van der Waals surface area contributed by atoms with Crippen molar-refractivity contribution >= 4 is 34.8 Å². The number of rotatable bonds is 6. The highest BCUT2D eigenvalue weighted by atomic mass is 19.4. The van der Waals surface area contributed by atoms with Crippen LogP contribution in [-0.2, 0) is 15.7 Å². The minimum atomic E-state index is -4.74. The van der Waals surface area contributed by atoms with Crippen LogP contribution in [-0.4, -0.2) is 28.3 Å². The van der Waals surface area contributed by atoms with Crippen LogP contribution in [0.2, 0.25) is 0 Å². The summed E-state index contributed by atoms with van der Waals surface area (Å²) in [4.78, 5) is 47.1. The van der Waals surface area contributed by atoms with E-state index >= 15 is 0 Å². The van der Waals surface area contributed by atoms with E-state index in [2.05, 4.69) is 10.6 Å². The molecule has 0 aliphatic heterocycles. The van der Waals surface area contributed by atoms with E-state index in [0.29, 0.717) is 6.07 Å². The number of nitro benzene ring substituents is 1. The minimum absolute atomic E-state index is 0.114. The van der Waals surface area contributed by atoms with Gasteiger partial charge < -0.3 is 10.1 Å². The lowest BCUT2D eigenvalue weighted by molar-refractivity contribution is -0.384. The first-order valence-electron chi connectivity index (χ1n) is 9.86. The van der Waals surface area contributed by atoms with Gasteiger partial charge in [0.15, 0.2) is 5.78 Å². The van der Waals surface area contributed by atoms with Crippen molar-refractivity contribution in [2.24, 2.45) is 0 Å². The Morgan fingerprint density at radius 2 is 1.65 bits per heavy atom. The van der Waals surface area contributed by atoms with Gasteiger partial charge in [0.05, 0.1) is 28.3 Å². The molecule has 0 aliphatic rings. The number of nitro groups is 1. The average molecular weight is 481 g/mol. The molecule has 0 atom stereocenters. The van der Waals surface area contributed by atoms with Gasteiger partial charge in [0.25, 0.3) is 5.69 Å². The number of ether oxygens (including phenoxy) is 1. The van der Waals surface area contributed by atoms with Gasteiger partial charge in [-0.2, -0.15) is 13.2 Å². The van der Waals surface area contributed by atoms with E-state index in [1.54, 1.807) is 20.8 Å². The van der Waals surface area contributed by atoms with Crippen LogP contribution in [0.1, 0.15) is 48.7 Å². The molecule has 9 nitrogen and oxygen atoms in total. The first-order chi connectivity index (χ1) is 15.6. The molecule has 0 bridgehead atoms. The average Bonchev–Trinajstić information content (AvgIpc) is 2.67. The third-order valence-corrected chi connectivity index (χ3v) is 4.28. The van der Waals surface area contributed by atoms with Crippen molar-refractivity contribution in [3.63, 3.8) is 0 Å². The molecular weight excluding hydrogens is 459 g/mol. The maximum atomic E-state index is 13.4. The molecule has 2 N–H and O–H groups in total. The molecule has 0 aliphatic carbocycles. The summed E-state index contributed by atoms with van der Waals surface area (Å²) in [6.45, 7) is 5.95. The van der Waals surface area contributed by atoms with Crippen LogP contribution in [0.4, 0.5) is 35.0 Å². The second kappa shape index (κ2) is 9.89. The predicted molar refractivity (Wildman–Crippen MR) is 117 cm³/mol. The fraction of sp³-hybridized carbons (Fsp3) is 0.318. The number of amides is 2. The number of aryl methyl sites for hydroxylation is 1. The summed E-state index contributed by atoms with van der Waals surface area (Å²) in [5, 5.41) is 15.4. The summed E-state index contributed by atoms with van der Waals surface area (Å²) in [5.41, 5.74) is -3.21. The highest BCUT2D eigenvalue weighted by Gasteiger charge is 2.34. The van der Waals surface area contributed by atoms with E-state index in [1.807, 2.05) is 0 Å². The Morgan fingerprint density at radius 1 is 1.03 bits per heavy atom. The fourth-order valence-electron chi connectivity index (χ4n) is 2.87. The second-order valence-electron chi connectivity index (χ2n) is 8.29. The third kappa shape index (κ3) is 7.29. The number of halogens is 3. The first kappa shape index (κ1) is 26.3. The predicted octanol–water partition coefficient (Wildman–Crippen LogP) is 5.48. The zero-order valence-corrected chi connectivity index (χ0v) is 18.7. The number of alkyl halides is 3. The number of ketones is 1. The summed E-state index contributed by atoms with van der Waals surface area (Å²) >= 11 is 0. The van der Waals surface area contributed by atoms with E-state index in [4.69, 9.17) is 4.74 Å². The van der Waals surface area contributed by atoms with Crippen LogP contribution in [0, 0.1) is 17.0 Å². The molecule has 34 heavy (non-hydrogen) atoms. The highest BCUT2D eigenvalue weighted by Crippen LogP contribution is 2.37. The Labute approximate surface area is 192 Å². The number of non-ortho nitro benzene ring substituents is 1. The van der Waals surface area contributed by atoms with Gasteiger partial charge in [0, 0.05) is 17.7 Å². The number of benzene rings is 2. The maximum absolute atomic E-state index is 13.4.